The third-order valence-electron chi connectivity index (χ3n) is 3.63. The number of ether oxygens (including phenoxy) is 2. The van der Waals surface area contributed by atoms with Gasteiger partial charge in [-0.2, -0.15) is 0 Å². The number of nitrogens with one attached hydrogen (secondary N) is 1. The van der Waals surface area contributed by atoms with Gasteiger partial charge in [0.2, 0.25) is 0 Å². The highest BCUT2D eigenvalue weighted by molar-refractivity contribution is 9.10. The van der Waals surface area contributed by atoms with E-state index in [4.69, 9.17) is 27.9 Å². The number of esters is 1. The highest BCUT2D eigenvalue weighted by Gasteiger charge is 2.24. The molecule has 0 aliphatic carbocycles. The van der Waals surface area contributed by atoms with Crippen molar-refractivity contribution in [3.8, 4) is 5.75 Å². The van der Waals surface area contributed by atoms with Gasteiger partial charge < -0.3 is 14.8 Å². The number of amides is 1. The molecular weight excluding hydrogens is 503 g/mol. The summed E-state index contributed by atoms with van der Waals surface area (Å²) in [5.41, 5.74) is 1.24. The van der Waals surface area contributed by atoms with Crippen LogP contribution in [0.5, 0.6) is 5.75 Å². The largest absolute Gasteiger partial charge is 0.481 e. The van der Waals surface area contributed by atoms with Crippen LogP contribution in [0.25, 0.3) is 6.08 Å². The zero-order valence-electron chi connectivity index (χ0n) is 14.9. The minimum absolute atomic E-state index is 0.195. The molecule has 6 nitrogen and oxygen atoms in total. The molecule has 1 aliphatic heterocycles. The van der Waals surface area contributed by atoms with E-state index in [1.165, 1.54) is 18.9 Å². The average Bonchev–Trinajstić information content (AvgIpc) is 3.03. The van der Waals surface area contributed by atoms with E-state index in [1.807, 2.05) is 0 Å². The Morgan fingerprint density at radius 2 is 2.10 bits per heavy atom. The van der Waals surface area contributed by atoms with Crippen molar-refractivity contribution >= 4 is 79.7 Å². The number of hydrogen-bond donors (Lipinski definition) is 1. The number of halogens is 3. The molecule has 1 amide bonds. The zero-order chi connectivity index (χ0) is 21.0. The van der Waals surface area contributed by atoms with Gasteiger partial charge in [-0.15, -0.1) is 0 Å². The smallest absolute Gasteiger partial charge is 0.343 e. The topological polar surface area (TPSA) is 77.0 Å². The van der Waals surface area contributed by atoms with E-state index in [1.54, 1.807) is 42.5 Å². The van der Waals surface area contributed by atoms with Gasteiger partial charge in [0.1, 0.15) is 5.75 Å². The lowest BCUT2D eigenvalue weighted by molar-refractivity contribution is -0.142. The van der Waals surface area contributed by atoms with E-state index in [-0.39, 0.29) is 12.5 Å². The zero-order valence-corrected chi connectivity index (χ0v) is 18.8. The first kappa shape index (κ1) is 21.7. The summed E-state index contributed by atoms with van der Waals surface area (Å²) in [5, 5.41) is 3.81. The second kappa shape index (κ2) is 9.67. The Balaban J connectivity index is 1.76. The van der Waals surface area contributed by atoms with E-state index >= 15 is 0 Å². The molecule has 2 aromatic carbocycles. The molecule has 150 valence electrons. The quantitative estimate of drug-likeness (QED) is 0.437. The van der Waals surface area contributed by atoms with E-state index < -0.39 is 5.97 Å². The van der Waals surface area contributed by atoms with Gasteiger partial charge in [-0.1, -0.05) is 35.3 Å². The fourth-order valence-corrected chi connectivity index (χ4v) is 3.92. The molecule has 0 bridgehead atoms. The molecule has 2 aromatic rings. The Hall–Kier alpha value is -2.00. The maximum absolute atomic E-state index is 12.3. The van der Waals surface area contributed by atoms with Gasteiger partial charge in [-0.05, 0) is 63.6 Å². The third kappa shape index (κ3) is 5.54. The number of amidine groups is 1. The Morgan fingerprint density at radius 1 is 1.31 bits per heavy atom. The van der Waals surface area contributed by atoms with Crippen LogP contribution in [0.15, 0.2) is 50.8 Å². The Morgan fingerprint density at radius 3 is 2.83 bits per heavy atom. The maximum Gasteiger partial charge on any atom is 0.343 e. The Bertz CT molecular complexity index is 1040. The molecule has 1 heterocycles. The fraction of sp³-hybridized carbons (Fsp3) is 0.105. The second-order valence-electron chi connectivity index (χ2n) is 5.61. The van der Waals surface area contributed by atoms with Crippen molar-refractivity contribution in [2.24, 2.45) is 4.99 Å². The maximum atomic E-state index is 12.3. The van der Waals surface area contributed by atoms with Crippen LogP contribution >= 0.6 is 50.9 Å². The third-order valence-corrected chi connectivity index (χ3v) is 5.97. The van der Waals surface area contributed by atoms with E-state index in [2.05, 4.69) is 31.0 Å². The molecule has 0 spiro atoms. The summed E-state index contributed by atoms with van der Waals surface area (Å²) in [6.07, 6.45) is 1.72. The number of methoxy groups -OCH3 is 1. The number of hydrogen-bond acceptors (Lipinski definition) is 6. The van der Waals surface area contributed by atoms with E-state index in [0.717, 1.165) is 5.56 Å². The Labute approximate surface area is 189 Å². The van der Waals surface area contributed by atoms with Gasteiger partial charge >= 0.3 is 5.97 Å². The van der Waals surface area contributed by atoms with E-state index in [0.29, 0.717) is 36.0 Å². The van der Waals surface area contributed by atoms with Crippen LogP contribution in [0.4, 0.5) is 5.69 Å². The first-order valence-electron chi connectivity index (χ1n) is 8.10. The molecule has 1 N–H and O–H groups in total. The van der Waals surface area contributed by atoms with Crippen LogP contribution < -0.4 is 10.1 Å². The molecule has 0 radical (unpaired) electrons. The van der Waals surface area contributed by atoms with Crippen molar-refractivity contribution in [2.45, 2.75) is 0 Å². The second-order valence-corrected chi connectivity index (χ2v) is 8.28. The molecule has 0 unspecified atom stereocenters. The fourth-order valence-electron chi connectivity index (χ4n) is 2.24. The van der Waals surface area contributed by atoms with E-state index in [9.17, 15) is 9.59 Å². The molecule has 3 rings (SSSR count). The predicted molar refractivity (Wildman–Crippen MR) is 119 cm³/mol. The number of thioether (sulfide) groups is 1. The molecule has 0 atom stereocenters. The van der Waals surface area contributed by atoms with Crippen LogP contribution in [-0.4, -0.2) is 30.8 Å². The van der Waals surface area contributed by atoms with Gasteiger partial charge in [-0.25, -0.2) is 9.79 Å². The van der Waals surface area contributed by atoms with Crippen LogP contribution in [0.1, 0.15) is 5.56 Å². The van der Waals surface area contributed by atoms with Crippen LogP contribution in [0, 0.1) is 0 Å². The summed E-state index contributed by atoms with van der Waals surface area (Å²) in [4.78, 5) is 28.3. The molecule has 1 fully saturated rings. The first-order chi connectivity index (χ1) is 13.9. The van der Waals surface area contributed by atoms with Gasteiger partial charge in [0.15, 0.2) is 11.8 Å². The minimum atomic E-state index is -0.478. The monoisotopic (exact) mass is 514 g/mol. The van der Waals surface area contributed by atoms with Gasteiger partial charge in [0, 0.05) is 0 Å². The van der Waals surface area contributed by atoms with Gasteiger partial charge in [0.25, 0.3) is 5.91 Å². The van der Waals surface area contributed by atoms with Crippen molar-refractivity contribution in [1.29, 1.82) is 0 Å². The number of rotatable bonds is 5. The molecule has 10 heteroatoms. The highest BCUT2D eigenvalue weighted by atomic mass is 79.9. The summed E-state index contributed by atoms with van der Waals surface area (Å²) in [5.74, 6) is -0.262. The molecule has 0 aromatic heterocycles. The normalized spacial score (nSPS) is 16.2. The number of carbonyl (C=O) groups excluding carboxylic acids is 2. The molecule has 1 aliphatic rings. The number of nitrogens with zero attached hydrogens (tertiary/aromatic N) is 1. The molecule has 0 saturated carbocycles. The van der Waals surface area contributed by atoms with Gasteiger partial charge in [-0.3, -0.25) is 4.79 Å². The van der Waals surface area contributed by atoms with Crippen LogP contribution in [-0.2, 0) is 14.3 Å². The summed E-state index contributed by atoms with van der Waals surface area (Å²) in [6, 6.07) is 10.3. The summed E-state index contributed by atoms with van der Waals surface area (Å²) < 4.78 is 10.5. The van der Waals surface area contributed by atoms with Crippen molar-refractivity contribution in [3.05, 3.63) is 61.4 Å². The lowest BCUT2D eigenvalue weighted by Crippen LogP contribution is -2.19. The van der Waals surface area contributed by atoms with Gasteiger partial charge in [0.05, 0.1) is 32.2 Å². The standard InChI is InChI=1S/C19H13BrCl2N2O4S/c1-27-16(25)9-28-14-6-5-10(7-11(14)20)8-15-18(26)24-19(29-15)23-13-4-2-3-12(21)17(13)22/h2-8H,9H2,1H3,(H,23,24,26). The average molecular weight is 516 g/mol. The number of carbonyl (C=O) groups is 2. The summed E-state index contributed by atoms with van der Waals surface area (Å²) in [6.45, 7) is -0.195. The van der Waals surface area contributed by atoms with Crippen molar-refractivity contribution < 1.29 is 19.1 Å². The molecule has 1 saturated heterocycles. The SMILES string of the molecule is COC(=O)COc1ccc(C=C2SC(=Nc3cccc(Cl)c3Cl)NC2=O)cc1Br. The first-order valence-corrected chi connectivity index (χ1v) is 10.5. The summed E-state index contributed by atoms with van der Waals surface area (Å²) >= 11 is 16.7. The number of benzene rings is 2. The minimum Gasteiger partial charge on any atom is -0.481 e. The predicted octanol–water partition coefficient (Wildman–Crippen LogP) is 5.20. The molecular formula is C19H13BrCl2N2O4S. The Kier molecular flexibility index (Phi) is 7.23. The number of aliphatic imine (C=N–C) groups is 1. The van der Waals surface area contributed by atoms with Crippen molar-refractivity contribution in [1.82, 2.24) is 5.32 Å². The van der Waals surface area contributed by atoms with Crippen molar-refractivity contribution in [3.63, 3.8) is 0 Å². The van der Waals surface area contributed by atoms with Crippen molar-refractivity contribution in [2.75, 3.05) is 13.7 Å². The molecule has 29 heavy (non-hydrogen) atoms. The van der Waals surface area contributed by atoms with Crippen LogP contribution in [0.3, 0.4) is 0 Å². The lowest BCUT2D eigenvalue weighted by atomic mass is 10.2. The lowest BCUT2D eigenvalue weighted by Gasteiger charge is -2.07. The van der Waals surface area contributed by atoms with Crippen LogP contribution in [0.2, 0.25) is 10.0 Å². The summed E-state index contributed by atoms with van der Waals surface area (Å²) in [7, 11) is 1.29. The highest BCUT2D eigenvalue weighted by Crippen LogP contribution is 2.35.